The van der Waals surface area contributed by atoms with Crippen molar-refractivity contribution in [2.24, 2.45) is 5.73 Å². The van der Waals surface area contributed by atoms with Gasteiger partial charge in [0.15, 0.2) is 5.01 Å². The van der Waals surface area contributed by atoms with E-state index in [9.17, 15) is 23.1 Å². The Bertz CT molecular complexity index is 1500. The quantitative estimate of drug-likeness (QED) is 0.233. The van der Waals surface area contributed by atoms with Crippen LogP contribution in [0.1, 0.15) is 32.9 Å². The third-order valence-electron chi connectivity index (χ3n) is 6.49. The van der Waals surface area contributed by atoms with Crippen molar-refractivity contribution >= 4 is 50.0 Å². The summed E-state index contributed by atoms with van der Waals surface area (Å²) < 4.78 is 27.8. The van der Waals surface area contributed by atoms with Gasteiger partial charge in [-0.2, -0.15) is 4.31 Å². The van der Waals surface area contributed by atoms with Crippen molar-refractivity contribution in [1.82, 2.24) is 24.5 Å². The number of piperazine rings is 1. The first kappa shape index (κ1) is 24.4. The molecule has 0 saturated carbocycles. The monoisotopic (exact) mass is 531 g/mol. The number of carboxylic acid groups (broad SMARTS) is 1. The van der Waals surface area contributed by atoms with Crippen LogP contribution in [0.3, 0.4) is 0 Å². The molecule has 3 aromatic rings. The number of hydrogen-bond donors (Lipinski definition) is 5. The zero-order valence-electron chi connectivity index (χ0n) is 19.3. The van der Waals surface area contributed by atoms with Gasteiger partial charge in [-0.05, 0) is 19.1 Å². The van der Waals surface area contributed by atoms with Gasteiger partial charge in [-0.3, -0.25) is 10.2 Å². The first-order valence-corrected chi connectivity index (χ1v) is 13.5. The average Bonchev–Trinajstić information content (AvgIpc) is 3.46. The number of rotatable bonds is 5. The van der Waals surface area contributed by atoms with E-state index in [1.165, 1.54) is 22.3 Å². The number of amides is 1. The highest BCUT2D eigenvalue weighted by atomic mass is 32.2. The lowest BCUT2D eigenvalue weighted by Crippen LogP contribution is -2.59. The van der Waals surface area contributed by atoms with Crippen molar-refractivity contribution in [3.8, 4) is 0 Å². The summed E-state index contributed by atoms with van der Waals surface area (Å²) in [6.45, 7) is 2.10. The molecule has 2 atom stereocenters. The number of carboxylic acids is 1. The van der Waals surface area contributed by atoms with Crippen LogP contribution in [0.4, 0.5) is 0 Å². The van der Waals surface area contributed by atoms with E-state index < -0.39 is 27.9 Å². The number of aromatic amines is 1. The molecule has 0 spiro atoms. The maximum absolute atomic E-state index is 13.4. The van der Waals surface area contributed by atoms with Gasteiger partial charge in [0.25, 0.3) is 15.9 Å². The van der Waals surface area contributed by atoms with Crippen LogP contribution in [0, 0.1) is 5.41 Å². The van der Waals surface area contributed by atoms with E-state index in [1.54, 1.807) is 18.2 Å². The third-order valence-corrected chi connectivity index (χ3v) is 9.36. The Hall–Kier alpha value is -3.33. The molecular formula is C22H25N7O5S2. The first-order chi connectivity index (χ1) is 17.0. The lowest BCUT2D eigenvalue weighted by atomic mass is 10.1. The van der Waals surface area contributed by atoms with Crippen LogP contribution in [-0.4, -0.2) is 82.1 Å². The molecule has 12 nitrogen and oxygen atoms in total. The molecule has 4 heterocycles. The largest absolute Gasteiger partial charge is 0.480 e. The molecule has 14 heteroatoms. The number of H-pyrrole nitrogens is 1. The summed E-state index contributed by atoms with van der Waals surface area (Å²) in [5, 5.41) is 21.5. The Morgan fingerprint density at radius 3 is 2.78 bits per heavy atom. The van der Waals surface area contributed by atoms with E-state index in [0.29, 0.717) is 29.4 Å². The number of nitrogen functional groups attached to an aromatic ring is 1. The van der Waals surface area contributed by atoms with Crippen LogP contribution < -0.4 is 11.1 Å². The van der Waals surface area contributed by atoms with Gasteiger partial charge in [-0.1, -0.05) is 12.1 Å². The molecule has 1 saturated heterocycles. The smallest absolute Gasteiger partial charge is 0.327 e. The minimum Gasteiger partial charge on any atom is -0.480 e. The number of benzene rings is 1. The molecule has 2 unspecified atom stereocenters. The van der Waals surface area contributed by atoms with E-state index in [4.69, 9.17) is 11.1 Å². The van der Waals surface area contributed by atoms with Gasteiger partial charge >= 0.3 is 5.97 Å². The Balaban J connectivity index is 1.38. The molecular weight excluding hydrogens is 506 g/mol. The Morgan fingerprint density at radius 2 is 2.06 bits per heavy atom. The minimum atomic E-state index is -4.08. The number of aliphatic carboxylic acids is 1. The molecule has 190 valence electrons. The van der Waals surface area contributed by atoms with Gasteiger partial charge in [0, 0.05) is 60.0 Å². The molecule has 1 fully saturated rings. The van der Waals surface area contributed by atoms with E-state index in [2.05, 4.69) is 15.3 Å². The van der Waals surface area contributed by atoms with Crippen molar-refractivity contribution in [3.63, 3.8) is 0 Å². The van der Waals surface area contributed by atoms with Gasteiger partial charge in [-0.15, -0.1) is 11.3 Å². The van der Waals surface area contributed by atoms with Crippen LogP contribution in [0.25, 0.3) is 10.9 Å². The molecule has 0 aliphatic carbocycles. The number of nitrogens with zero attached hydrogens (tertiary/aromatic N) is 3. The van der Waals surface area contributed by atoms with Crippen molar-refractivity contribution in [1.29, 1.82) is 5.41 Å². The standard InChI is InChI=1S/C22H25N7O5S2/c1-11-6-15-17(9-25-11)35-20(27-15)21(30)29-5-4-28(10-16(29)22(31)32)36(33,34)18-8-12-2-3-13(19(23)24)7-14(12)26-18/h2-3,7-8,11,16,25-26H,4-6,9-10H2,1H3,(H3,23,24)(H,31,32). The molecule has 1 amide bonds. The number of sulfonamides is 1. The number of nitrogens with two attached hydrogens (primary N) is 1. The van der Waals surface area contributed by atoms with Crippen LogP contribution >= 0.6 is 11.3 Å². The summed E-state index contributed by atoms with van der Waals surface area (Å²) in [4.78, 5) is 34.8. The van der Waals surface area contributed by atoms with Crippen molar-refractivity contribution in [3.05, 3.63) is 45.4 Å². The lowest BCUT2D eigenvalue weighted by Gasteiger charge is -2.37. The highest BCUT2D eigenvalue weighted by molar-refractivity contribution is 7.89. The van der Waals surface area contributed by atoms with Crippen LogP contribution in [0.5, 0.6) is 0 Å². The molecule has 5 rings (SSSR count). The fraction of sp³-hybridized carbons (Fsp3) is 0.364. The topological polar surface area (TPSA) is 186 Å². The van der Waals surface area contributed by atoms with E-state index >= 15 is 0 Å². The number of nitrogens with one attached hydrogen (secondary N) is 3. The second-order valence-electron chi connectivity index (χ2n) is 8.94. The second-order valence-corrected chi connectivity index (χ2v) is 11.9. The summed E-state index contributed by atoms with van der Waals surface area (Å²) in [5.74, 6) is -1.94. The van der Waals surface area contributed by atoms with Gasteiger partial charge in [-0.25, -0.2) is 18.2 Å². The van der Waals surface area contributed by atoms with Crippen LogP contribution in [0.15, 0.2) is 29.3 Å². The third kappa shape index (κ3) is 4.25. The predicted molar refractivity (Wildman–Crippen MR) is 133 cm³/mol. The number of fused-ring (bicyclic) bond motifs is 2. The molecule has 2 aliphatic heterocycles. The Kier molecular flexibility index (Phi) is 6.06. The van der Waals surface area contributed by atoms with Crippen LogP contribution in [-0.2, 0) is 27.8 Å². The molecule has 1 aromatic carbocycles. The van der Waals surface area contributed by atoms with Gasteiger partial charge in [0.05, 0.1) is 5.69 Å². The zero-order valence-corrected chi connectivity index (χ0v) is 20.9. The summed E-state index contributed by atoms with van der Waals surface area (Å²) in [6.07, 6.45) is 0.686. The SMILES string of the molecule is CC1Cc2nc(C(=O)N3CCN(S(=O)(=O)c4cc5ccc(C(=N)N)cc5[nH]4)CC3C(=O)O)sc2CN1. The number of aromatic nitrogens is 2. The Labute approximate surface area is 210 Å². The minimum absolute atomic E-state index is 0.0599. The molecule has 6 N–H and O–H groups in total. The second kappa shape index (κ2) is 8.96. The summed E-state index contributed by atoms with van der Waals surface area (Å²) in [5.41, 5.74) is 7.29. The van der Waals surface area contributed by atoms with Crippen molar-refractivity contribution in [2.45, 2.75) is 37.0 Å². The van der Waals surface area contributed by atoms with Gasteiger partial charge < -0.3 is 26.0 Å². The molecule has 0 radical (unpaired) electrons. The van der Waals surface area contributed by atoms with E-state index in [-0.39, 0.29) is 41.5 Å². The zero-order chi connectivity index (χ0) is 25.8. The highest BCUT2D eigenvalue weighted by Crippen LogP contribution is 2.28. The number of amidine groups is 1. The average molecular weight is 532 g/mol. The van der Waals surface area contributed by atoms with Gasteiger partial charge in [0.1, 0.15) is 16.9 Å². The van der Waals surface area contributed by atoms with E-state index in [0.717, 1.165) is 14.9 Å². The van der Waals surface area contributed by atoms with Gasteiger partial charge in [0.2, 0.25) is 0 Å². The van der Waals surface area contributed by atoms with Crippen molar-refractivity contribution < 1.29 is 23.1 Å². The molecule has 2 aliphatic rings. The van der Waals surface area contributed by atoms with Crippen molar-refractivity contribution in [2.75, 3.05) is 19.6 Å². The maximum atomic E-state index is 13.4. The number of thiazole rings is 1. The predicted octanol–water partition coefficient (Wildman–Crippen LogP) is 0.543. The highest BCUT2D eigenvalue weighted by Gasteiger charge is 2.41. The molecule has 36 heavy (non-hydrogen) atoms. The maximum Gasteiger partial charge on any atom is 0.327 e. The first-order valence-electron chi connectivity index (χ1n) is 11.3. The number of carbonyl (C=O) groups is 2. The number of carbonyl (C=O) groups excluding carboxylic acids is 1. The van der Waals surface area contributed by atoms with Crippen LogP contribution in [0.2, 0.25) is 0 Å². The summed E-state index contributed by atoms with van der Waals surface area (Å²) in [6, 6.07) is 5.19. The summed E-state index contributed by atoms with van der Waals surface area (Å²) in [7, 11) is -4.08. The fourth-order valence-electron chi connectivity index (χ4n) is 4.50. The Morgan fingerprint density at radius 1 is 1.28 bits per heavy atom. The normalized spacial score (nSPS) is 20.9. The molecule has 2 aromatic heterocycles. The summed E-state index contributed by atoms with van der Waals surface area (Å²) >= 11 is 1.24. The molecule has 0 bridgehead atoms. The number of hydrogen-bond acceptors (Lipinski definition) is 8. The lowest BCUT2D eigenvalue weighted by molar-refractivity contribution is -0.143. The van der Waals surface area contributed by atoms with E-state index in [1.807, 2.05) is 6.92 Å². The fourth-order valence-corrected chi connectivity index (χ4v) is 6.95.